The van der Waals surface area contributed by atoms with Crippen molar-refractivity contribution >= 4 is 11.0 Å². The number of nitrogens with zero attached hydrogens (tertiary/aromatic N) is 2. The fourth-order valence-corrected chi connectivity index (χ4v) is 2.32. The van der Waals surface area contributed by atoms with E-state index in [-0.39, 0.29) is 0 Å². The molecule has 1 heterocycles. The minimum Gasteiger partial charge on any atom is -0.383 e. The van der Waals surface area contributed by atoms with Crippen LogP contribution in [-0.4, -0.2) is 55.4 Å². The van der Waals surface area contributed by atoms with Crippen molar-refractivity contribution < 1.29 is 9.47 Å². The van der Waals surface area contributed by atoms with Gasteiger partial charge in [-0.3, -0.25) is 4.90 Å². The van der Waals surface area contributed by atoms with Gasteiger partial charge in [0, 0.05) is 27.3 Å². The molecule has 0 aliphatic rings. The fourth-order valence-electron chi connectivity index (χ4n) is 2.32. The number of benzene rings is 1. The largest absolute Gasteiger partial charge is 0.383 e. The average molecular weight is 291 g/mol. The summed E-state index contributed by atoms with van der Waals surface area (Å²) < 4.78 is 10.3. The van der Waals surface area contributed by atoms with E-state index in [4.69, 9.17) is 14.5 Å². The highest BCUT2D eigenvalue weighted by molar-refractivity contribution is 5.77. The lowest BCUT2D eigenvalue weighted by molar-refractivity contribution is 0.109. The van der Waals surface area contributed by atoms with E-state index < -0.39 is 0 Å². The minimum absolute atomic E-state index is 0.710. The molecule has 5 nitrogen and oxygen atoms in total. The Balaban J connectivity index is 2.11. The molecule has 0 saturated heterocycles. The highest BCUT2D eigenvalue weighted by Gasteiger charge is 2.10. The van der Waals surface area contributed by atoms with Crippen LogP contribution in [0.2, 0.25) is 0 Å². The smallest absolute Gasteiger partial charge is 0.121 e. The van der Waals surface area contributed by atoms with Gasteiger partial charge in [0.2, 0.25) is 0 Å². The summed E-state index contributed by atoms with van der Waals surface area (Å²) in [5.41, 5.74) is 4.70. The molecule has 0 aliphatic heterocycles. The summed E-state index contributed by atoms with van der Waals surface area (Å²) in [6.45, 7) is 8.18. The summed E-state index contributed by atoms with van der Waals surface area (Å²) in [5.74, 6) is 0.988. The van der Waals surface area contributed by atoms with E-state index >= 15 is 0 Å². The first-order chi connectivity index (χ1) is 10.1. The first kappa shape index (κ1) is 15.9. The van der Waals surface area contributed by atoms with Crippen molar-refractivity contribution in [3.63, 3.8) is 0 Å². The Morgan fingerprint density at radius 1 is 1.05 bits per heavy atom. The first-order valence-electron chi connectivity index (χ1n) is 7.30. The molecule has 2 rings (SSSR count). The van der Waals surface area contributed by atoms with E-state index in [1.807, 2.05) is 0 Å². The van der Waals surface area contributed by atoms with Crippen LogP contribution in [0.4, 0.5) is 0 Å². The van der Waals surface area contributed by atoms with Crippen LogP contribution < -0.4 is 0 Å². The quantitative estimate of drug-likeness (QED) is 0.810. The van der Waals surface area contributed by atoms with Crippen LogP contribution in [0.5, 0.6) is 0 Å². The molecule has 1 aromatic heterocycles. The van der Waals surface area contributed by atoms with Crippen molar-refractivity contribution in [2.75, 3.05) is 40.5 Å². The summed E-state index contributed by atoms with van der Waals surface area (Å²) in [6, 6.07) is 4.30. The SMILES string of the molecule is COCCN(CCOC)Cc1nc2cc(C)c(C)cc2[nH]1. The molecule has 1 N–H and O–H groups in total. The standard InChI is InChI=1S/C16H25N3O2/c1-12-9-14-15(10-13(12)2)18-16(17-14)11-19(5-7-20-3)6-8-21-4/h9-10H,5-8,11H2,1-4H3,(H,17,18). The molecule has 0 aliphatic carbocycles. The predicted octanol–water partition coefficient (Wildman–Crippen LogP) is 2.27. The van der Waals surface area contributed by atoms with Crippen molar-refractivity contribution in [3.8, 4) is 0 Å². The zero-order chi connectivity index (χ0) is 15.2. The molecule has 0 unspecified atom stereocenters. The normalized spacial score (nSPS) is 11.7. The topological polar surface area (TPSA) is 50.4 Å². The Hall–Kier alpha value is -1.43. The molecule has 0 atom stereocenters. The highest BCUT2D eigenvalue weighted by Crippen LogP contribution is 2.17. The van der Waals surface area contributed by atoms with Gasteiger partial charge in [-0.25, -0.2) is 4.98 Å². The Morgan fingerprint density at radius 3 is 2.29 bits per heavy atom. The number of aromatic amines is 1. The van der Waals surface area contributed by atoms with Crippen molar-refractivity contribution in [3.05, 3.63) is 29.1 Å². The molecule has 21 heavy (non-hydrogen) atoms. The maximum Gasteiger partial charge on any atom is 0.121 e. The number of fused-ring (bicyclic) bond motifs is 1. The third-order valence-electron chi connectivity index (χ3n) is 3.74. The Labute approximate surface area is 126 Å². The molecule has 2 aromatic rings. The second-order valence-corrected chi connectivity index (χ2v) is 5.40. The summed E-state index contributed by atoms with van der Waals surface area (Å²) in [6.07, 6.45) is 0. The number of H-pyrrole nitrogens is 1. The molecule has 0 radical (unpaired) electrons. The Kier molecular flexibility index (Phi) is 5.73. The molecule has 0 amide bonds. The predicted molar refractivity (Wildman–Crippen MR) is 84.6 cm³/mol. The van der Waals surface area contributed by atoms with Gasteiger partial charge in [-0.2, -0.15) is 0 Å². The van der Waals surface area contributed by atoms with Gasteiger partial charge in [-0.15, -0.1) is 0 Å². The zero-order valence-electron chi connectivity index (χ0n) is 13.4. The maximum atomic E-state index is 5.17. The van der Waals surface area contributed by atoms with Crippen molar-refractivity contribution in [2.24, 2.45) is 0 Å². The molecule has 0 saturated carbocycles. The van der Waals surface area contributed by atoms with Gasteiger partial charge >= 0.3 is 0 Å². The summed E-state index contributed by atoms with van der Waals surface area (Å²) in [4.78, 5) is 10.4. The number of aryl methyl sites for hydroxylation is 2. The van der Waals surface area contributed by atoms with Crippen LogP contribution in [0.25, 0.3) is 11.0 Å². The number of aromatic nitrogens is 2. The van der Waals surface area contributed by atoms with Gasteiger partial charge in [-0.05, 0) is 37.1 Å². The van der Waals surface area contributed by atoms with Crippen LogP contribution in [0.1, 0.15) is 17.0 Å². The van der Waals surface area contributed by atoms with Gasteiger partial charge in [0.1, 0.15) is 5.82 Å². The Bertz CT molecular complexity index is 533. The minimum atomic E-state index is 0.710. The van der Waals surface area contributed by atoms with Crippen molar-refractivity contribution in [1.29, 1.82) is 0 Å². The van der Waals surface area contributed by atoms with Crippen LogP contribution >= 0.6 is 0 Å². The number of hydrogen-bond acceptors (Lipinski definition) is 4. The summed E-state index contributed by atoms with van der Waals surface area (Å²) >= 11 is 0. The van der Waals surface area contributed by atoms with Gasteiger partial charge in [0.25, 0.3) is 0 Å². The number of imidazole rings is 1. The number of nitrogens with one attached hydrogen (secondary N) is 1. The van der Waals surface area contributed by atoms with Crippen LogP contribution in [0, 0.1) is 13.8 Å². The number of rotatable bonds is 8. The molecular formula is C16H25N3O2. The van der Waals surface area contributed by atoms with Crippen molar-refractivity contribution in [2.45, 2.75) is 20.4 Å². The van der Waals surface area contributed by atoms with Crippen molar-refractivity contribution in [1.82, 2.24) is 14.9 Å². The molecule has 1 aromatic carbocycles. The van der Waals surface area contributed by atoms with Crippen LogP contribution in [0.3, 0.4) is 0 Å². The molecule has 0 bridgehead atoms. The molecule has 0 spiro atoms. The number of methoxy groups -OCH3 is 2. The third-order valence-corrected chi connectivity index (χ3v) is 3.74. The van der Waals surface area contributed by atoms with E-state index in [0.29, 0.717) is 13.2 Å². The molecule has 116 valence electrons. The van der Waals surface area contributed by atoms with E-state index in [9.17, 15) is 0 Å². The zero-order valence-corrected chi connectivity index (χ0v) is 13.4. The summed E-state index contributed by atoms with van der Waals surface area (Å²) in [7, 11) is 3.45. The van der Waals surface area contributed by atoms with Gasteiger partial charge in [-0.1, -0.05) is 0 Å². The number of hydrogen-bond donors (Lipinski definition) is 1. The Morgan fingerprint density at radius 2 is 1.67 bits per heavy atom. The first-order valence-corrected chi connectivity index (χ1v) is 7.30. The molecular weight excluding hydrogens is 266 g/mol. The van der Waals surface area contributed by atoms with E-state index in [2.05, 4.69) is 35.9 Å². The average Bonchev–Trinajstić information content (AvgIpc) is 2.83. The second-order valence-electron chi connectivity index (χ2n) is 5.40. The maximum absolute atomic E-state index is 5.17. The van der Waals surface area contributed by atoms with Gasteiger partial charge in [0.05, 0.1) is 30.8 Å². The highest BCUT2D eigenvalue weighted by atomic mass is 16.5. The summed E-state index contributed by atoms with van der Waals surface area (Å²) in [5, 5.41) is 0. The lowest BCUT2D eigenvalue weighted by Gasteiger charge is -2.20. The molecule has 0 fully saturated rings. The van der Waals surface area contributed by atoms with Gasteiger partial charge < -0.3 is 14.5 Å². The van der Waals surface area contributed by atoms with E-state index in [1.165, 1.54) is 11.1 Å². The lowest BCUT2D eigenvalue weighted by Crippen LogP contribution is -2.30. The van der Waals surface area contributed by atoms with E-state index in [0.717, 1.165) is 36.5 Å². The second kappa shape index (κ2) is 7.54. The van der Waals surface area contributed by atoms with Crippen LogP contribution in [-0.2, 0) is 16.0 Å². The third kappa shape index (κ3) is 4.27. The monoisotopic (exact) mass is 291 g/mol. The van der Waals surface area contributed by atoms with Crippen LogP contribution in [0.15, 0.2) is 12.1 Å². The fraction of sp³-hybridized carbons (Fsp3) is 0.562. The van der Waals surface area contributed by atoms with Gasteiger partial charge in [0.15, 0.2) is 0 Å². The number of ether oxygens (including phenoxy) is 2. The lowest BCUT2D eigenvalue weighted by atomic mass is 10.1. The molecule has 5 heteroatoms. The van der Waals surface area contributed by atoms with E-state index in [1.54, 1.807) is 14.2 Å².